The zero-order chi connectivity index (χ0) is 22.0. The second-order valence-corrected chi connectivity index (χ2v) is 7.69. The molecule has 0 bridgehead atoms. The summed E-state index contributed by atoms with van der Waals surface area (Å²) in [5.41, 5.74) is 4.37. The smallest absolute Gasteiger partial charge is 0.272 e. The molecule has 1 amide bonds. The molecule has 0 unspecified atom stereocenters. The summed E-state index contributed by atoms with van der Waals surface area (Å²) >= 11 is 0. The maximum Gasteiger partial charge on any atom is 0.272 e. The SMILES string of the molecule is Cc1c(N2CCOCC2)c(C)n(Cc2cccc(F)c2)c1C(=O)Nc1cccc(F)c1. The third-order valence-corrected chi connectivity index (χ3v) is 5.58. The van der Waals surface area contributed by atoms with E-state index in [-0.39, 0.29) is 11.7 Å². The first-order chi connectivity index (χ1) is 14.9. The number of nitrogens with zero attached hydrogens (tertiary/aromatic N) is 2. The highest BCUT2D eigenvalue weighted by atomic mass is 19.1. The number of rotatable bonds is 5. The number of nitrogens with one attached hydrogen (secondary N) is 1. The number of hydrogen-bond acceptors (Lipinski definition) is 3. The number of carbonyl (C=O) groups is 1. The standard InChI is InChI=1S/C24H25F2N3O2/c1-16-22(28-9-11-31-12-10-28)17(2)29(15-18-5-3-6-19(25)13-18)23(16)24(30)27-21-8-4-7-20(26)14-21/h3-8,13-14H,9-12,15H2,1-2H3,(H,27,30). The van der Waals surface area contributed by atoms with E-state index in [2.05, 4.69) is 10.2 Å². The lowest BCUT2D eigenvalue weighted by Crippen LogP contribution is -2.36. The maximum absolute atomic E-state index is 13.8. The lowest BCUT2D eigenvalue weighted by molar-refractivity contribution is 0.101. The van der Waals surface area contributed by atoms with E-state index in [4.69, 9.17) is 4.74 Å². The molecule has 0 saturated carbocycles. The Morgan fingerprint density at radius 2 is 1.71 bits per heavy atom. The Hall–Kier alpha value is -3.19. The molecular formula is C24H25F2N3O2. The molecule has 3 aromatic rings. The molecule has 2 heterocycles. The van der Waals surface area contributed by atoms with Crippen molar-refractivity contribution in [3.8, 4) is 0 Å². The van der Waals surface area contributed by atoms with E-state index in [1.54, 1.807) is 18.2 Å². The maximum atomic E-state index is 13.8. The van der Waals surface area contributed by atoms with Crippen LogP contribution in [0.1, 0.15) is 27.3 Å². The van der Waals surface area contributed by atoms with Crippen LogP contribution in [0.25, 0.3) is 0 Å². The fourth-order valence-corrected chi connectivity index (χ4v) is 4.20. The van der Waals surface area contributed by atoms with Crippen molar-refractivity contribution in [2.45, 2.75) is 20.4 Å². The number of anilines is 2. The number of benzene rings is 2. The van der Waals surface area contributed by atoms with Crippen LogP contribution in [-0.2, 0) is 11.3 Å². The number of halogens is 2. The first-order valence-electron chi connectivity index (χ1n) is 10.3. The van der Waals surface area contributed by atoms with E-state index in [1.165, 1.54) is 24.3 Å². The van der Waals surface area contributed by atoms with Crippen LogP contribution in [-0.4, -0.2) is 36.8 Å². The Bertz CT molecular complexity index is 1100. The van der Waals surface area contributed by atoms with Gasteiger partial charge in [0.25, 0.3) is 5.91 Å². The van der Waals surface area contributed by atoms with Gasteiger partial charge in [-0.05, 0) is 49.7 Å². The van der Waals surface area contributed by atoms with Crippen LogP contribution < -0.4 is 10.2 Å². The van der Waals surface area contributed by atoms with Gasteiger partial charge in [-0.2, -0.15) is 0 Å². The minimum absolute atomic E-state index is 0.321. The van der Waals surface area contributed by atoms with Crippen LogP contribution in [0.5, 0.6) is 0 Å². The topological polar surface area (TPSA) is 46.5 Å². The molecule has 1 aromatic heterocycles. The van der Waals surface area contributed by atoms with Crippen molar-refractivity contribution in [3.05, 3.63) is 82.7 Å². The number of carbonyl (C=O) groups excluding carboxylic acids is 1. The monoisotopic (exact) mass is 425 g/mol. The quantitative estimate of drug-likeness (QED) is 0.654. The van der Waals surface area contributed by atoms with E-state index in [0.717, 1.165) is 35.6 Å². The Kier molecular flexibility index (Phi) is 6.04. The summed E-state index contributed by atoms with van der Waals surface area (Å²) in [6, 6.07) is 12.2. The molecule has 0 atom stereocenters. The van der Waals surface area contributed by atoms with Crippen molar-refractivity contribution in [1.29, 1.82) is 0 Å². The predicted molar refractivity (Wildman–Crippen MR) is 117 cm³/mol. The van der Waals surface area contributed by atoms with Gasteiger partial charge in [0.15, 0.2) is 0 Å². The molecule has 1 fully saturated rings. The van der Waals surface area contributed by atoms with E-state index >= 15 is 0 Å². The highest BCUT2D eigenvalue weighted by Crippen LogP contribution is 2.33. The van der Waals surface area contributed by atoms with Crippen LogP contribution in [0.4, 0.5) is 20.2 Å². The fourth-order valence-electron chi connectivity index (χ4n) is 4.20. The van der Waals surface area contributed by atoms with Crippen LogP contribution in [0.2, 0.25) is 0 Å². The van der Waals surface area contributed by atoms with Crippen LogP contribution in [0, 0.1) is 25.5 Å². The van der Waals surface area contributed by atoms with Gasteiger partial charge in [-0.25, -0.2) is 8.78 Å². The lowest BCUT2D eigenvalue weighted by atomic mass is 10.1. The van der Waals surface area contributed by atoms with Gasteiger partial charge in [0, 0.05) is 36.6 Å². The first-order valence-corrected chi connectivity index (χ1v) is 10.3. The molecule has 1 N–H and O–H groups in total. The first kappa shape index (κ1) is 21.1. The molecule has 0 aliphatic carbocycles. The molecule has 31 heavy (non-hydrogen) atoms. The largest absolute Gasteiger partial charge is 0.378 e. The highest BCUT2D eigenvalue weighted by Gasteiger charge is 2.27. The van der Waals surface area contributed by atoms with Gasteiger partial charge >= 0.3 is 0 Å². The molecular weight excluding hydrogens is 400 g/mol. The van der Waals surface area contributed by atoms with Crippen molar-refractivity contribution in [2.75, 3.05) is 36.5 Å². The van der Waals surface area contributed by atoms with Crippen LogP contribution >= 0.6 is 0 Å². The van der Waals surface area contributed by atoms with Crippen molar-refractivity contribution < 1.29 is 18.3 Å². The molecule has 5 nitrogen and oxygen atoms in total. The zero-order valence-corrected chi connectivity index (χ0v) is 17.6. The van der Waals surface area contributed by atoms with Crippen LogP contribution in [0.3, 0.4) is 0 Å². The Morgan fingerprint density at radius 3 is 2.39 bits per heavy atom. The van der Waals surface area contributed by atoms with Crippen molar-refractivity contribution in [2.24, 2.45) is 0 Å². The molecule has 2 aromatic carbocycles. The van der Waals surface area contributed by atoms with E-state index in [0.29, 0.717) is 31.1 Å². The molecule has 4 rings (SSSR count). The van der Waals surface area contributed by atoms with Crippen LogP contribution in [0.15, 0.2) is 48.5 Å². The highest BCUT2D eigenvalue weighted by molar-refractivity contribution is 6.05. The van der Waals surface area contributed by atoms with Gasteiger partial charge in [0.2, 0.25) is 0 Å². The summed E-state index contributed by atoms with van der Waals surface area (Å²) in [7, 11) is 0. The van der Waals surface area contributed by atoms with Gasteiger partial charge in [-0.1, -0.05) is 18.2 Å². The van der Waals surface area contributed by atoms with Crippen molar-refractivity contribution in [3.63, 3.8) is 0 Å². The predicted octanol–water partition coefficient (Wildman–Crippen LogP) is 4.52. The fraction of sp³-hybridized carbons (Fsp3) is 0.292. The molecule has 1 aliphatic heterocycles. The molecule has 7 heteroatoms. The molecule has 162 valence electrons. The van der Waals surface area contributed by atoms with Gasteiger partial charge < -0.3 is 19.5 Å². The van der Waals surface area contributed by atoms with Gasteiger partial charge in [-0.15, -0.1) is 0 Å². The molecule has 1 saturated heterocycles. The Labute approximate surface area is 180 Å². The van der Waals surface area contributed by atoms with Gasteiger partial charge in [-0.3, -0.25) is 4.79 Å². The molecule has 0 radical (unpaired) electrons. The van der Waals surface area contributed by atoms with Crippen molar-refractivity contribution >= 4 is 17.3 Å². The number of aromatic nitrogens is 1. The second-order valence-electron chi connectivity index (χ2n) is 7.69. The lowest BCUT2D eigenvalue weighted by Gasteiger charge is -2.29. The summed E-state index contributed by atoms with van der Waals surface area (Å²) in [4.78, 5) is 15.5. The number of morpholine rings is 1. The average molecular weight is 425 g/mol. The van der Waals surface area contributed by atoms with Crippen molar-refractivity contribution in [1.82, 2.24) is 4.57 Å². The Morgan fingerprint density at radius 1 is 1.03 bits per heavy atom. The summed E-state index contributed by atoms with van der Waals surface area (Å²) in [6.07, 6.45) is 0. The summed E-state index contributed by atoms with van der Waals surface area (Å²) in [6.45, 7) is 6.95. The third-order valence-electron chi connectivity index (χ3n) is 5.58. The molecule has 1 aliphatic rings. The summed E-state index contributed by atoms with van der Waals surface area (Å²) in [5, 5.41) is 2.80. The average Bonchev–Trinajstić information content (AvgIpc) is 2.98. The van der Waals surface area contributed by atoms with Gasteiger partial charge in [0.05, 0.1) is 18.9 Å². The van der Waals surface area contributed by atoms with E-state index in [1.807, 2.05) is 24.5 Å². The Balaban J connectivity index is 1.76. The zero-order valence-electron chi connectivity index (χ0n) is 17.6. The third kappa shape index (κ3) is 4.46. The molecule has 0 spiro atoms. The summed E-state index contributed by atoms with van der Waals surface area (Å²) < 4.78 is 34.8. The van der Waals surface area contributed by atoms with Gasteiger partial charge in [0.1, 0.15) is 17.3 Å². The normalized spacial score (nSPS) is 14.0. The minimum Gasteiger partial charge on any atom is -0.378 e. The number of amides is 1. The number of ether oxygens (including phenoxy) is 1. The minimum atomic E-state index is -0.421. The van der Waals surface area contributed by atoms with E-state index < -0.39 is 5.82 Å². The van der Waals surface area contributed by atoms with E-state index in [9.17, 15) is 13.6 Å². The summed E-state index contributed by atoms with van der Waals surface area (Å²) in [5.74, 6) is -1.07. The second kappa shape index (κ2) is 8.89. The number of hydrogen-bond donors (Lipinski definition) is 1.